The normalized spacial score (nSPS) is 12.9. The Morgan fingerprint density at radius 1 is 1.00 bits per heavy atom. The molecule has 2 aliphatic heterocycles. The molecule has 7 heteroatoms. The van der Waals surface area contributed by atoms with E-state index in [4.69, 9.17) is 18.9 Å². The second kappa shape index (κ2) is 10.3. The van der Waals surface area contributed by atoms with E-state index >= 15 is 0 Å². The molecule has 3 aromatic carbocycles. The number of aryl methyl sites for hydroxylation is 3. The lowest BCUT2D eigenvalue weighted by molar-refractivity contribution is -0.686. The minimum atomic E-state index is 0. The van der Waals surface area contributed by atoms with Crippen molar-refractivity contribution in [3.8, 4) is 34.3 Å². The molecule has 0 amide bonds. The standard InChI is InChI=1S/C29H29N2O4.BrH/c1-19-4-7-22(8-5-19)30-11-3-13-33-29-24-17-31-12-10-21-15-27-28(35-18-34-27)16-23(21)25(31)14-20(24)6-9-26(29)32-2;/h4-9,14-17,30H,3,10-13,18H2,1-2H3;1H/q+1;/p-1. The Hall–Kier alpha value is -3.45. The van der Waals surface area contributed by atoms with E-state index in [0.717, 1.165) is 65.4 Å². The third-order valence-corrected chi connectivity index (χ3v) is 6.74. The van der Waals surface area contributed by atoms with Crippen molar-refractivity contribution in [2.24, 2.45) is 0 Å². The molecule has 0 aliphatic carbocycles. The predicted octanol–water partition coefficient (Wildman–Crippen LogP) is 2.28. The summed E-state index contributed by atoms with van der Waals surface area (Å²) in [6, 6.07) is 19.0. The Morgan fingerprint density at radius 3 is 2.61 bits per heavy atom. The number of ether oxygens (including phenoxy) is 4. The van der Waals surface area contributed by atoms with Gasteiger partial charge in [-0.2, -0.15) is 4.57 Å². The molecule has 6 nitrogen and oxygen atoms in total. The molecule has 0 unspecified atom stereocenters. The van der Waals surface area contributed by atoms with E-state index in [1.165, 1.54) is 22.4 Å². The Balaban J connectivity index is 0.00000267. The summed E-state index contributed by atoms with van der Waals surface area (Å²) in [5, 5.41) is 5.64. The number of pyridine rings is 1. The molecule has 0 atom stereocenters. The largest absolute Gasteiger partial charge is 1.00 e. The van der Waals surface area contributed by atoms with Gasteiger partial charge in [0.05, 0.1) is 24.7 Å². The zero-order chi connectivity index (χ0) is 23.8. The first-order chi connectivity index (χ1) is 17.2. The van der Waals surface area contributed by atoms with Gasteiger partial charge in [0.25, 0.3) is 0 Å². The first-order valence-electron chi connectivity index (χ1n) is 12.1. The van der Waals surface area contributed by atoms with Crippen LogP contribution in [0.1, 0.15) is 17.5 Å². The number of anilines is 1. The highest BCUT2D eigenvalue weighted by atomic mass is 79.9. The fraction of sp³-hybridized carbons (Fsp3) is 0.276. The average Bonchev–Trinajstić information content (AvgIpc) is 3.34. The van der Waals surface area contributed by atoms with Crippen molar-refractivity contribution in [1.82, 2.24) is 0 Å². The fourth-order valence-corrected chi connectivity index (χ4v) is 4.86. The number of methoxy groups -OCH3 is 1. The van der Waals surface area contributed by atoms with Crippen LogP contribution in [0.2, 0.25) is 0 Å². The van der Waals surface area contributed by atoms with E-state index in [9.17, 15) is 0 Å². The van der Waals surface area contributed by atoms with Crippen molar-refractivity contribution >= 4 is 16.5 Å². The van der Waals surface area contributed by atoms with E-state index in [1.54, 1.807) is 7.11 Å². The molecule has 4 aromatic rings. The number of aromatic nitrogens is 1. The summed E-state index contributed by atoms with van der Waals surface area (Å²) < 4.78 is 25.5. The van der Waals surface area contributed by atoms with E-state index in [1.807, 2.05) is 6.07 Å². The molecule has 6 rings (SSSR count). The molecule has 186 valence electrons. The fourth-order valence-electron chi connectivity index (χ4n) is 4.86. The summed E-state index contributed by atoms with van der Waals surface area (Å²) in [7, 11) is 1.69. The lowest BCUT2D eigenvalue weighted by Gasteiger charge is -2.18. The molecule has 0 bridgehead atoms. The molecule has 0 saturated heterocycles. The summed E-state index contributed by atoms with van der Waals surface area (Å²) in [5.41, 5.74) is 6.05. The van der Waals surface area contributed by atoms with Gasteiger partial charge in [0.15, 0.2) is 35.7 Å². The second-order valence-electron chi connectivity index (χ2n) is 9.06. The number of rotatable bonds is 7. The van der Waals surface area contributed by atoms with E-state index in [2.05, 4.69) is 71.5 Å². The van der Waals surface area contributed by atoms with Crippen LogP contribution < -0.4 is 45.8 Å². The van der Waals surface area contributed by atoms with Crippen LogP contribution in [0.4, 0.5) is 5.69 Å². The predicted molar refractivity (Wildman–Crippen MR) is 136 cm³/mol. The topological polar surface area (TPSA) is 52.8 Å². The maximum absolute atomic E-state index is 6.30. The second-order valence-corrected chi connectivity index (χ2v) is 9.06. The summed E-state index contributed by atoms with van der Waals surface area (Å²) in [4.78, 5) is 0. The van der Waals surface area contributed by atoms with Crippen LogP contribution in [-0.4, -0.2) is 27.1 Å². The van der Waals surface area contributed by atoms with Crippen molar-refractivity contribution in [2.45, 2.75) is 26.3 Å². The highest BCUT2D eigenvalue weighted by molar-refractivity contribution is 5.91. The number of benzene rings is 3. The van der Waals surface area contributed by atoms with Gasteiger partial charge in [-0.15, -0.1) is 0 Å². The van der Waals surface area contributed by atoms with Crippen LogP contribution in [0, 0.1) is 6.92 Å². The Morgan fingerprint density at radius 2 is 1.81 bits per heavy atom. The van der Waals surface area contributed by atoms with Crippen LogP contribution in [0.5, 0.6) is 23.0 Å². The van der Waals surface area contributed by atoms with E-state index in [0.29, 0.717) is 6.61 Å². The summed E-state index contributed by atoms with van der Waals surface area (Å²) in [6.07, 6.45) is 4.02. The molecule has 0 spiro atoms. The molecule has 1 N–H and O–H groups in total. The molecule has 36 heavy (non-hydrogen) atoms. The van der Waals surface area contributed by atoms with Crippen molar-refractivity contribution in [3.63, 3.8) is 0 Å². The van der Waals surface area contributed by atoms with Gasteiger partial charge >= 0.3 is 0 Å². The zero-order valence-electron chi connectivity index (χ0n) is 20.5. The van der Waals surface area contributed by atoms with Crippen molar-refractivity contribution < 1.29 is 40.5 Å². The Kier molecular flexibility index (Phi) is 6.92. The molecule has 0 fully saturated rings. The van der Waals surface area contributed by atoms with Crippen molar-refractivity contribution in [2.75, 3.05) is 32.4 Å². The van der Waals surface area contributed by atoms with Gasteiger partial charge in [0.1, 0.15) is 0 Å². The van der Waals surface area contributed by atoms with Gasteiger partial charge in [-0.3, -0.25) is 0 Å². The van der Waals surface area contributed by atoms with Crippen LogP contribution in [-0.2, 0) is 13.0 Å². The number of hydrogen-bond acceptors (Lipinski definition) is 5. The van der Waals surface area contributed by atoms with Crippen LogP contribution >= 0.6 is 0 Å². The van der Waals surface area contributed by atoms with Gasteiger partial charge in [0, 0.05) is 24.7 Å². The smallest absolute Gasteiger partial charge is 0.231 e. The van der Waals surface area contributed by atoms with E-state index < -0.39 is 0 Å². The minimum absolute atomic E-state index is 0. The number of halogens is 1. The van der Waals surface area contributed by atoms with Crippen LogP contribution in [0.15, 0.2) is 60.8 Å². The summed E-state index contributed by atoms with van der Waals surface area (Å²) in [6.45, 7) is 4.72. The number of fused-ring (bicyclic) bond motifs is 5. The van der Waals surface area contributed by atoms with Crippen molar-refractivity contribution in [1.29, 1.82) is 0 Å². The number of hydrogen-bond donors (Lipinski definition) is 1. The Bertz CT molecular complexity index is 1410. The SMILES string of the molecule is COc1ccc2cc3[n+](cc2c1OCCCNc1ccc(C)cc1)CCc1cc2c(cc1-3)OCO2.[Br-]. The lowest BCUT2D eigenvalue weighted by Crippen LogP contribution is -3.00. The molecule has 3 heterocycles. The first kappa shape index (κ1) is 24.3. The van der Waals surface area contributed by atoms with Crippen molar-refractivity contribution in [3.05, 3.63) is 71.9 Å². The molecular formula is C29H29BrN2O4. The molecule has 0 saturated carbocycles. The highest BCUT2D eigenvalue weighted by Gasteiger charge is 2.28. The van der Waals surface area contributed by atoms with Gasteiger partial charge in [-0.1, -0.05) is 17.7 Å². The highest BCUT2D eigenvalue weighted by Crippen LogP contribution is 2.41. The molecule has 2 aliphatic rings. The van der Waals surface area contributed by atoms with E-state index in [-0.39, 0.29) is 23.8 Å². The first-order valence-corrected chi connectivity index (χ1v) is 12.1. The third kappa shape index (κ3) is 4.55. The molecular weight excluding hydrogens is 520 g/mol. The third-order valence-electron chi connectivity index (χ3n) is 6.74. The maximum atomic E-state index is 6.30. The summed E-state index contributed by atoms with van der Waals surface area (Å²) >= 11 is 0. The molecule has 0 radical (unpaired) electrons. The van der Waals surface area contributed by atoms with Crippen LogP contribution in [0.25, 0.3) is 22.0 Å². The van der Waals surface area contributed by atoms with Gasteiger partial charge < -0.3 is 41.2 Å². The minimum Gasteiger partial charge on any atom is -1.00 e. The van der Waals surface area contributed by atoms with Gasteiger partial charge in [0.2, 0.25) is 12.5 Å². The number of nitrogens with zero attached hydrogens (tertiary/aromatic N) is 1. The van der Waals surface area contributed by atoms with Gasteiger partial charge in [-0.05, 0) is 60.7 Å². The molecule has 1 aromatic heterocycles. The number of nitrogens with one attached hydrogen (secondary N) is 1. The average molecular weight is 549 g/mol. The quantitative estimate of drug-likeness (QED) is 0.283. The monoisotopic (exact) mass is 548 g/mol. The van der Waals surface area contributed by atoms with Gasteiger partial charge in [-0.25, -0.2) is 0 Å². The Labute approximate surface area is 221 Å². The maximum Gasteiger partial charge on any atom is 0.231 e. The van der Waals surface area contributed by atoms with Crippen LogP contribution in [0.3, 0.4) is 0 Å². The summed E-state index contributed by atoms with van der Waals surface area (Å²) in [5.74, 6) is 3.21. The lowest BCUT2D eigenvalue weighted by atomic mass is 9.95. The zero-order valence-corrected chi connectivity index (χ0v) is 22.1.